The number of carbonyl (C=O) groups is 1. The van der Waals surface area contributed by atoms with Crippen molar-refractivity contribution in [2.45, 2.75) is 26.3 Å². The van der Waals surface area contributed by atoms with E-state index >= 15 is 0 Å². The number of amides is 1. The predicted octanol–water partition coefficient (Wildman–Crippen LogP) is 2.46. The van der Waals surface area contributed by atoms with Gasteiger partial charge in [0.15, 0.2) is 0 Å². The monoisotopic (exact) mass is 328 g/mol. The minimum absolute atomic E-state index is 0.00313. The fourth-order valence-electron chi connectivity index (χ4n) is 2.94. The van der Waals surface area contributed by atoms with E-state index in [1.54, 1.807) is 18.3 Å². The van der Waals surface area contributed by atoms with Crippen molar-refractivity contribution in [1.29, 1.82) is 0 Å². The lowest BCUT2D eigenvalue weighted by atomic mass is 9.97. The molecule has 2 aromatic rings. The first-order valence-electron chi connectivity index (χ1n) is 8.18. The lowest BCUT2D eigenvalue weighted by Gasteiger charge is -2.32. The van der Waals surface area contributed by atoms with Crippen LogP contribution in [0.4, 0.5) is 10.3 Å². The van der Waals surface area contributed by atoms with Gasteiger partial charge in [0.25, 0.3) is 0 Å². The summed E-state index contributed by atoms with van der Waals surface area (Å²) in [5.41, 5.74) is 1.68. The van der Waals surface area contributed by atoms with Gasteiger partial charge in [-0.3, -0.25) is 4.79 Å². The van der Waals surface area contributed by atoms with Gasteiger partial charge in [0.2, 0.25) is 11.9 Å². The smallest absolute Gasteiger partial charge is 0.225 e. The fraction of sp³-hybridized carbons (Fsp3) is 0.389. The molecule has 1 atom stereocenters. The van der Waals surface area contributed by atoms with Gasteiger partial charge in [0.1, 0.15) is 5.82 Å². The third-order valence-electron chi connectivity index (χ3n) is 4.21. The third-order valence-corrected chi connectivity index (χ3v) is 4.21. The largest absolute Gasteiger partial charge is 0.352 e. The van der Waals surface area contributed by atoms with E-state index in [1.807, 2.05) is 13.0 Å². The van der Waals surface area contributed by atoms with Gasteiger partial charge in [-0.15, -0.1) is 0 Å². The van der Waals surface area contributed by atoms with Crippen molar-refractivity contribution < 1.29 is 9.18 Å². The van der Waals surface area contributed by atoms with Crippen LogP contribution in [-0.4, -0.2) is 29.0 Å². The SMILES string of the molecule is Cc1ccnc(N2CCC[C@H](C(=O)NCc3cccc(F)c3)C2)n1. The van der Waals surface area contributed by atoms with Gasteiger partial charge in [0, 0.05) is 31.5 Å². The maximum Gasteiger partial charge on any atom is 0.225 e. The van der Waals surface area contributed by atoms with Crippen LogP contribution in [0.25, 0.3) is 0 Å². The summed E-state index contributed by atoms with van der Waals surface area (Å²) >= 11 is 0. The summed E-state index contributed by atoms with van der Waals surface area (Å²) in [5, 5.41) is 2.91. The van der Waals surface area contributed by atoms with Crippen molar-refractivity contribution >= 4 is 11.9 Å². The quantitative estimate of drug-likeness (QED) is 0.937. The van der Waals surface area contributed by atoms with Gasteiger partial charge in [-0.05, 0) is 43.5 Å². The number of nitrogens with one attached hydrogen (secondary N) is 1. The van der Waals surface area contributed by atoms with Gasteiger partial charge in [-0.1, -0.05) is 12.1 Å². The number of aryl methyl sites for hydroxylation is 1. The molecule has 0 bridgehead atoms. The zero-order valence-corrected chi connectivity index (χ0v) is 13.7. The van der Waals surface area contributed by atoms with Crippen LogP contribution < -0.4 is 10.2 Å². The fourth-order valence-corrected chi connectivity index (χ4v) is 2.94. The Labute approximate surface area is 140 Å². The number of nitrogens with zero attached hydrogens (tertiary/aromatic N) is 3. The first-order valence-corrected chi connectivity index (χ1v) is 8.18. The number of rotatable bonds is 4. The van der Waals surface area contributed by atoms with Gasteiger partial charge in [0.05, 0.1) is 5.92 Å². The van der Waals surface area contributed by atoms with Crippen LogP contribution in [-0.2, 0) is 11.3 Å². The van der Waals surface area contributed by atoms with Crippen molar-refractivity contribution in [2.24, 2.45) is 5.92 Å². The topological polar surface area (TPSA) is 58.1 Å². The second kappa shape index (κ2) is 7.38. The average molecular weight is 328 g/mol. The molecule has 3 rings (SSSR count). The summed E-state index contributed by atoms with van der Waals surface area (Å²) < 4.78 is 13.2. The zero-order valence-electron chi connectivity index (χ0n) is 13.7. The van der Waals surface area contributed by atoms with Crippen LogP contribution in [0.3, 0.4) is 0 Å². The molecule has 0 saturated carbocycles. The summed E-state index contributed by atoms with van der Waals surface area (Å²) in [6.45, 7) is 3.74. The van der Waals surface area contributed by atoms with Gasteiger partial charge in [-0.25, -0.2) is 14.4 Å². The Morgan fingerprint density at radius 3 is 3.08 bits per heavy atom. The Morgan fingerprint density at radius 2 is 2.29 bits per heavy atom. The van der Waals surface area contributed by atoms with E-state index in [0.29, 0.717) is 19.0 Å². The van der Waals surface area contributed by atoms with Crippen molar-refractivity contribution in [3.05, 3.63) is 53.6 Å². The Balaban J connectivity index is 1.59. The lowest BCUT2D eigenvalue weighted by Crippen LogP contribution is -2.43. The van der Waals surface area contributed by atoms with E-state index in [-0.39, 0.29) is 17.6 Å². The van der Waals surface area contributed by atoms with Crippen molar-refractivity contribution in [3.63, 3.8) is 0 Å². The molecule has 1 saturated heterocycles. The molecule has 24 heavy (non-hydrogen) atoms. The number of halogens is 1. The first-order chi connectivity index (χ1) is 11.6. The van der Waals surface area contributed by atoms with E-state index in [4.69, 9.17) is 0 Å². The lowest BCUT2D eigenvalue weighted by molar-refractivity contribution is -0.125. The van der Waals surface area contributed by atoms with Gasteiger partial charge in [-0.2, -0.15) is 0 Å². The maximum absolute atomic E-state index is 13.2. The highest BCUT2D eigenvalue weighted by molar-refractivity contribution is 5.79. The Morgan fingerprint density at radius 1 is 1.42 bits per heavy atom. The minimum atomic E-state index is -0.290. The molecule has 1 aliphatic rings. The third kappa shape index (κ3) is 4.07. The normalized spacial score (nSPS) is 17.6. The number of anilines is 1. The number of hydrogen-bond donors (Lipinski definition) is 1. The van der Waals surface area contributed by atoms with E-state index in [9.17, 15) is 9.18 Å². The van der Waals surface area contributed by atoms with Crippen LogP contribution in [0.5, 0.6) is 0 Å². The van der Waals surface area contributed by atoms with Crippen LogP contribution in [0, 0.1) is 18.7 Å². The molecule has 6 heteroatoms. The number of hydrogen-bond acceptors (Lipinski definition) is 4. The molecule has 0 unspecified atom stereocenters. The molecule has 1 aliphatic heterocycles. The number of carbonyl (C=O) groups excluding carboxylic acids is 1. The number of piperidine rings is 1. The summed E-state index contributed by atoms with van der Waals surface area (Å²) in [6, 6.07) is 8.14. The van der Waals surface area contributed by atoms with E-state index in [1.165, 1.54) is 12.1 Å². The molecule has 1 amide bonds. The zero-order chi connectivity index (χ0) is 16.9. The van der Waals surface area contributed by atoms with E-state index in [0.717, 1.165) is 30.6 Å². The second-order valence-electron chi connectivity index (χ2n) is 6.13. The van der Waals surface area contributed by atoms with Crippen molar-refractivity contribution in [3.8, 4) is 0 Å². The number of benzene rings is 1. The molecule has 1 aromatic heterocycles. The first kappa shape index (κ1) is 16.4. The molecule has 5 nitrogen and oxygen atoms in total. The van der Waals surface area contributed by atoms with E-state index < -0.39 is 0 Å². The minimum Gasteiger partial charge on any atom is -0.352 e. The molecule has 0 spiro atoms. The molecule has 2 heterocycles. The molecule has 1 fully saturated rings. The summed E-state index contributed by atoms with van der Waals surface area (Å²) in [7, 11) is 0. The van der Waals surface area contributed by atoms with Crippen LogP contribution in [0.15, 0.2) is 36.5 Å². The molecule has 1 N–H and O–H groups in total. The van der Waals surface area contributed by atoms with Crippen LogP contribution >= 0.6 is 0 Å². The van der Waals surface area contributed by atoms with Gasteiger partial charge < -0.3 is 10.2 Å². The molecule has 0 radical (unpaired) electrons. The molecule has 1 aromatic carbocycles. The Bertz CT molecular complexity index is 722. The highest BCUT2D eigenvalue weighted by Crippen LogP contribution is 2.20. The number of aromatic nitrogens is 2. The van der Waals surface area contributed by atoms with E-state index in [2.05, 4.69) is 20.2 Å². The molecule has 126 valence electrons. The van der Waals surface area contributed by atoms with Gasteiger partial charge >= 0.3 is 0 Å². The Kier molecular flexibility index (Phi) is 5.03. The van der Waals surface area contributed by atoms with Crippen molar-refractivity contribution in [2.75, 3.05) is 18.0 Å². The second-order valence-corrected chi connectivity index (χ2v) is 6.13. The molecular weight excluding hydrogens is 307 g/mol. The summed E-state index contributed by atoms with van der Waals surface area (Å²) in [5.74, 6) is 0.285. The Hall–Kier alpha value is -2.50. The standard InChI is InChI=1S/C18H21FN4O/c1-13-7-8-20-18(22-13)23-9-3-5-15(12-23)17(24)21-11-14-4-2-6-16(19)10-14/h2,4,6-8,10,15H,3,5,9,11-12H2,1H3,(H,21,24)/t15-/m0/s1. The average Bonchev–Trinajstić information content (AvgIpc) is 2.60. The molecule has 0 aliphatic carbocycles. The highest BCUT2D eigenvalue weighted by Gasteiger charge is 2.27. The van der Waals surface area contributed by atoms with Crippen LogP contribution in [0.2, 0.25) is 0 Å². The molecular formula is C18H21FN4O. The predicted molar refractivity (Wildman–Crippen MR) is 90.0 cm³/mol. The summed E-state index contributed by atoms with van der Waals surface area (Å²) in [6.07, 6.45) is 3.51. The summed E-state index contributed by atoms with van der Waals surface area (Å²) in [4.78, 5) is 23.2. The van der Waals surface area contributed by atoms with Crippen LogP contribution in [0.1, 0.15) is 24.1 Å². The highest BCUT2D eigenvalue weighted by atomic mass is 19.1. The van der Waals surface area contributed by atoms with Crippen molar-refractivity contribution in [1.82, 2.24) is 15.3 Å². The maximum atomic E-state index is 13.2.